The van der Waals surface area contributed by atoms with Crippen molar-refractivity contribution in [2.45, 2.75) is 52.9 Å². The fourth-order valence-corrected chi connectivity index (χ4v) is 10.1. The molecule has 0 spiro atoms. The number of aliphatic hydroxyl groups excluding tert-OH is 2. The summed E-state index contributed by atoms with van der Waals surface area (Å²) in [5, 5.41) is 20.4. The molecule has 4 aliphatic rings. The van der Waals surface area contributed by atoms with Gasteiger partial charge in [-0.25, -0.2) is 0 Å². The van der Waals surface area contributed by atoms with Gasteiger partial charge in [0.1, 0.15) is 13.2 Å². The van der Waals surface area contributed by atoms with Crippen molar-refractivity contribution in [3.63, 3.8) is 0 Å². The van der Waals surface area contributed by atoms with Crippen LogP contribution in [0.5, 0.6) is 0 Å². The Morgan fingerprint density at radius 2 is 1.44 bits per heavy atom. The molecule has 0 aromatic rings. The number of ketones is 2. The minimum Gasteiger partial charge on any atom is -0.389 e. The van der Waals surface area contributed by atoms with Crippen LogP contribution in [0.1, 0.15) is 52.9 Å². The predicted molar refractivity (Wildman–Crippen MR) is 135 cm³/mol. The standard InChI is InChI=1S/C30H44O4/c1-7-18-12-21(10-4)27-22(18)13-29(6,24(33)15-31)28(27)30(25(34)16-32)14-23-19(8-2)11-20(9-3)26(23)17(30)5/h7-9,17-23,26-28,31-32H,1-3,10-16H2,4-6H3. The second-order valence-corrected chi connectivity index (χ2v) is 12.1. The lowest BCUT2D eigenvalue weighted by Gasteiger charge is -2.49. The highest BCUT2D eigenvalue weighted by Crippen LogP contribution is 2.73. The van der Waals surface area contributed by atoms with E-state index < -0.39 is 24.0 Å². The predicted octanol–water partition coefficient (Wildman–Crippen LogP) is 4.87. The molecular weight excluding hydrogens is 424 g/mol. The Morgan fingerprint density at radius 3 is 1.97 bits per heavy atom. The Labute approximate surface area is 205 Å². The third-order valence-electron chi connectivity index (χ3n) is 11.4. The number of rotatable bonds is 9. The first kappa shape index (κ1) is 25.6. The zero-order chi connectivity index (χ0) is 25.0. The van der Waals surface area contributed by atoms with Crippen LogP contribution in [0.4, 0.5) is 0 Å². The number of allylic oxidation sites excluding steroid dienone is 3. The van der Waals surface area contributed by atoms with E-state index in [9.17, 15) is 19.8 Å². The van der Waals surface area contributed by atoms with E-state index in [0.29, 0.717) is 48.3 Å². The molecule has 2 N–H and O–H groups in total. The first-order valence-corrected chi connectivity index (χ1v) is 13.4. The van der Waals surface area contributed by atoms with Gasteiger partial charge in [-0.2, -0.15) is 0 Å². The Morgan fingerprint density at radius 1 is 0.882 bits per heavy atom. The normalized spacial score (nSPS) is 49.4. The molecule has 0 amide bonds. The van der Waals surface area contributed by atoms with Crippen molar-refractivity contribution in [1.82, 2.24) is 0 Å². The highest BCUT2D eigenvalue weighted by atomic mass is 16.3. The van der Waals surface area contributed by atoms with Gasteiger partial charge in [-0.3, -0.25) is 9.59 Å². The summed E-state index contributed by atoms with van der Waals surface area (Å²) in [7, 11) is 0. The lowest BCUT2D eigenvalue weighted by Crippen LogP contribution is -2.54. The van der Waals surface area contributed by atoms with Gasteiger partial charge in [0.15, 0.2) is 11.6 Å². The van der Waals surface area contributed by atoms with Crippen molar-refractivity contribution in [2.24, 2.45) is 70.0 Å². The average molecular weight is 469 g/mol. The van der Waals surface area contributed by atoms with E-state index in [4.69, 9.17) is 0 Å². The first-order valence-electron chi connectivity index (χ1n) is 13.4. The number of hydrogen-bond donors (Lipinski definition) is 2. The van der Waals surface area contributed by atoms with Gasteiger partial charge in [-0.15, -0.1) is 19.7 Å². The molecule has 0 heterocycles. The SMILES string of the molecule is C=CC1CC(C=C)C2C1CC(C(=O)CO)(C1C3C(CC)CC(C=C)C3CC1(C)C(=O)CO)C2C. The maximum Gasteiger partial charge on any atom is 0.164 e. The number of hydrogen-bond acceptors (Lipinski definition) is 4. The van der Waals surface area contributed by atoms with Crippen molar-refractivity contribution in [1.29, 1.82) is 0 Å². The van der Waals surface area contributed by atoms with Crippen LogP contribution in [0.3, 0.4) is 0 Å². The number of aliphatic hydroxyl groups is 2. The highest BCUT2D eigenvalue weighted by molar-refractivity contribution is 5.91. The van der Waals surface area contributed by atoms with Crippen LogP contribution in [0.25, 0.3) is 0 Å². The zero-order valence-electron chi connectivity index (χ0n) is 21.3. The molecule has 4 rings (SSSR count). The van der Waals surface area contributed by atoms with Gasteiger partial charge in [0.2, 0.25) is 0 Å². The van der Waals surface area contributed by atoms with Crippen LogP contribution in [-0.2, 0) is 9.59 Å². The highest BCUT2D eigenvalue weighted by Gasteiger charge is 2.72. The molecule has 4 fully saturated rings. The molecule has 4 saturated carbocycles. The van der Waals surface area contributed by atoms with Gasteiger partial charge < -0.3 is 10.2 Å². The third kappa shape index (κ3) is 3.24. The van der Waals surface area contributed by atoms with Gasteiger partial charge in [0, 0.05) is 10.8 Å². The molecule has 12 unspecified atom stereocenters. The maximum absolute atomic E-state index is 14.0. The lowest BCUT2D eigenvalue weighted by molar-refractivity contribution is -0.151. The summed E-state index contributed by atoms with van der Waals surface area (Å²) >= 11 is 0. The van der Waals surface area contributed by atoms with Crippen molar-refractivity contribution >= 4 is 11.6 Å². The molecule has 0 saturated heterocycles. The Bertz CT molecular complexity index is 862. The quantitative estimate of drug-likeness (QED) is 0.474. The van der Waals surface area contributed by atoms with Crippen LogP contribution in [0, 0.1) is 70.0 Å². The average Bonchev–Trinajstić information content (AvgIpc) is 3.55. The largest absolute Gasteiger partial charge is 0.389 e. The van der Waals surface area contributed by atoms with Crippen LogP contribution in [0.15, 0.2) is 38.0 Å². The fourth-order valence-electron chi connectivity index (χ4n) is 10.1. The summed E-state index contributed by atoms with van der Waals surface area (Å²) in [5.41, 5.74) is -1.57. The Kier molecular flexibility index (Phi) is 6.89. The van der Waals surface area contributed by atoms with E-state index in [2.05, 4.69) is 33.6 Å². The van der Waals surface area contributed by atoms with E-state index in [0.717, 1.165) is 19.3 Å². The molecule has 4 nitrogen and oxygen atoms in total. The zero-order valence-corrected chi connectivity index (χ0v) is 21.3. The number of carbonyl (C=O) groups excluding carboxylic acids is 2. The Balaban J connectivity index is 1.92. The molecule has 0 radical (unpaired) electrons. The van der Waals surface area contributed by atoms with Gasteiger partial charge in [0.25, 0.3) is 0 Å². The summed E-state index contributed by atoms with van der Waals surface area (Å²) in [6.45, 7) is 17.8. The van der Waals surface area contributed by atoms with Crippen molar-refractivity contribution in [3.8, 4) is 0 Å². The van der Waals surface area contributed by atoms with Crippen molar-refractivity contribution in [2.75, 3.05) is 13.2 Å². The van der Waals surface area contributed by atoms with Gasteiger partial charge in [0.05, 0.1) is 0 Å². The van der Waals surface area contributed by atoms with E-state index in [1.807, 2.05) is 25.2 Å². The topological polar surface area (TPSA) is 74.6 Å². The van der Waals surface area contributed by atoms with Crippen LogP contribution in [0.2, 0.25) is 0 Å². The molecule has 0 bridgehead atoms. The second-order valence-electron chi connectivity index (χ2n) is 12.1. The third-order valence-corrected chi connectivity index (χ3v) is 11.4. The first-order chi connectivity index (χ1) is 16.2. The summed E-state index contributed by atoms with van der Waals surface area (Å²) in [5.74, 6) is 2.03. The molecule has 12 atom stereocenters. The Hall–Kier alpha value is -1.52. The fraction of sp³-hybridized carbons (Fsp3) is 0.733. The van der Waals surface area contributed by atoms with Crippen LogP contribution < -0.4 is 0 Å². The van der Waals surface area contributed by atoms with Crippen molar-refractivity contribution < 1.29 is 19.8 Å². The summed E-state index contributed by atoms with van der Waals surface area (Å²) < 4.78 is 0. The van der Waals surface area contributed by atoms with E-state index in [1.165, 1.54) is 0 Å². The second kappa shape index (κ2) is 9.17. The molecule has 188 valence electrons. The van der Waals surface area contributed by atoms with Gasteiger partial charge >= 0.3 is 0 Å². The molecule has 0 aromatic heterocycles. The summed E-state index contributed by atoms with van der Waals surface area (Å²) in [6.07, 6.45) is 10.6. The number of fused-ring (bicyclic) bond motifs is 2. The van der Waals surface area contributed by atoms with Gasteiger partial charge in [-0.05, 0) is 84.9 Å². The lowest BCUT2D eigenvalue weighted by atomic mass is 9.52. The van der Waals surface area contributed by atoms with Crippen molar-refractivity contribution in [3.05, 3.63) is 38.0 Å². The van der Waals surface area contributed by atoms with Crippen LogP contribution >= 0.6 is 0 Å². The molecule has 4 aliphatic carbocycles. The molecule has 0 aliphatic heterocycles. The van der Waals surface area contributed by atoms with E-state index in [1.54, 1.807) is 0 Å². The minimum absolute atomic E-state index is 0.0277. The van der Waals surface area contributed by atoms with Crippen LogP contribution in [-0.4, -0.2) is 35.0 Å². The van der Waals surface area contributed by atoms with E-state index >= 15 is 0 Å². The van der Waals surface area contributed by atoms with E-state index in [-0.39, 0.29) is 35.2 Å². The molecule has 0 aromatic carbocycles. The minimum atomic E-state index is -0.787. The van der Waals surface area contributed by atoms with Gasteiger partial charge in [-0.1, -0.05) is 45.4 Å². The molecular formula is C30H44O4. The summed E-state index contributed by atoms with van der Waals surface area (Å²) in [4.78, 5) is 27.5. The maximum atomic E-state index is 14.0. The molecule has 4 heteroatoms. The number of carbonyl (C=O) groups is 2. The smallest absolute Gasteiger partial charge is 0.164 e. The monoisotopic (exact) mass is 468 g/mol. The summed E-state index contributed by atoms with van der Waals surface area (Å²) in [6, 6.07) is 0. The number of Topliss-reactive ketones (excluding diaryl/α,β-unsaturated/α-hetero) is 2. The molecule has 34 heavy (non-hydrogen) atoms.